The largest absolute Gasteiger partial charge is 0.493 e. The molecule has 0 aromatic heterocycles. The Hall–Kier alpha value is -4.39. The SMILES string of the molecule is COc1cc(/C=C2\C(=O)N(c3ccccc3)N=C2C)ccc1OCC(=O)Nc1ccccc1. The Bertz CT molecular complexity index is 1220. The van der Waals surface area contributed by atoms with E-state index in [9.17, 15) is 9.59 Å². The van der Waals surface area contributed by atoms with Crippen LogP contribution in [0.4, 0.5) is 11.4 Å². The van der Waals surface area contributed by atoms with E-state index >= 15 is 0 Å². The molecule has 1 aliphatic rings. The van der Waals surface area contributed by atoms with E-state index in [1.54, 1.807) is 43.3 Å². The maximum absolute atomic E-state index is 12.9. The molecule has 4 rings (SSSR count). The van der Waals surface area contributed by atoms with Gasteiger partial charge in [0, 0.05) is 5.69 Å². The van der Waals surface area contributed by atoms with Gasteiger partial charge in [0.2, 0.25) is 0 Å². The Morgan fingerprint density at radius 1 is 1.00 bits per heavy atom. The molecule has 0 unspecified atom stereocenters. The normalized spacial score (nSPS) is 14.2. The van der Waals surface area contributed by atoms with Crippen LogP contribution in [0.5, 0.6) is 11.5 Å². The summed E-state index contributed by atoms with van der Waals surface area (Å²) in [4.78, 5) is 25.1. The van der Waals surface area contributed by atoms with E-state index in [4.69, 9.17) is 9.47 Å². The zero-order valence-corrected chi connectivity index (χ0v) is 18.3. The number of carbonyl (C=O) groups excluding carboxylic acids is 2. The van der Waals surface area contributed by atoms with Gasteiger partial charge in [-0.2, -0.15) is 10.1 Å². The molecular formula is C26H23N3O4. The number of hydrazone groups is 1. The first-order chi connectivity index (χ1) is 16.0. The molecule has 33 heavy (non-hydrogen) atoms. The van der Waals surface area contributed by atoms with Crippen LogP contribution in [0.1, 0.15) is 12.5 Å². The monoisotopic (exact) mass is 441 g/mol. The summed E-state index contributed by atoms with van der Waals surface area (Å²) < 4.78 is 11.1. The van der Waals surface area contributed by atoms with Crippen molar-refractivity contribution in [2.24, 2.45) is 5.10 Å². The van der Waals surface area contributed by atoms with Crippen LogP contribution in [0, 0.1) is 0 Å². The van der Waals surface area contributed by atoms with Crippen LogP contribution in [-0.4, -0.2) is 31.2 Å². The average Bonchev–Trinajstić information content (AvgIpc) is 3.12. The molecule has 0 saturated carbocycles. The van der Waals surface area contributed by atoms with Gasteiger partial charge in [-0.1, -0.05) is 42.5 Å². The lowest BCUT2D eigenvalue weighted by molar-refractivity contribution is -0.118. The number of ether oxygens (including phenoxy) is 2. The molecule has 7 heteroatoms. The number of rotatable bonds is 7. The Labute approximate surface area is 191 Å². The van der Waals surface area contributed by atoms with Gasteiger partial charge in [0.1, 0.15) is 0 Å². The second kappa shape index (κ2) is 9.82. The van der Waals surface area contributed by atoms with E-state index in [1.165, 1.54) is 12.1 Å². The molecule has 1 N–H and O–H groups in total. The van der Waals surface area contributed by atoms with Crippen molar-refractivity contribution in [1.29, 1.82) is 0 Å². The van der Waals surface area contributed by atoms with Crippen molar-refractivity contribution in [3.05, 3.63) is 90.0 Å². The smallest absolute Gasteiger partial charge is 0.280 e. The molecular weight excluding hydrogens is 418 g/mol. The van der Waals surface area contributed by atoms with Crippen molar-refractivity contribution >= 4 is 35.0 Å². The molecule has 1 aliphatic heterocycles. The Balaban J connectivity index is 1.46. The van der Waals surface area contributed by atoms with E-state index in [0.29, 0.717) is 34.2 Å². The summed E-state index contributed by atoms with van der Waals surface area (Å²) in [5, 5.41) is 8.55. The minimum Gasteiger partial charge on any atom is -0.493 e. The van der Waals surface area contributed by atoms with Gasteiger partial charge in [-0.25, -0.2) is 0 Å². The number of methoxy groups -OCH3 is 1. The summed E-state index contributed by atoms with van der Waals surface area (Å²) in [6, 6.07) is 23.7. The number of nitrogens with zero attached hydrogens (tertiary/aromatic N) is 2. The first-order valence-electron chi connectivity index (χ1n) is 10.4. The highest BCUT2D eigenvalue weighted by molar-refractivity contribution is 6.32. The lowest BCUT2D eigenvalue weighted by atomic mass is 10.1. The molecule has 0 atom stereocenters. The summed E-state index contributed by atoms with van der Waals surface area (Å²) in [6.07, 6.45) is 1.76. The van der Waals surface area contributed by atoms with Crippen molar-refractivity contribution in [2.75, 3.05) is 24.0 Å². The molecule has 166 valence electrons. The van der Waals surface area contributed by atoms with Gasteiger partial charge < -0.3 is 14.8 Å². The predicted molar refractivity (Wildman–Crippen MR) is 129 cm³/mol. The molecule has 0 fully saturated rings. The summed E-state index contributed by atoms with van der Waals surface area (Å²) in [6.45, 7) is 1.63. The maximum Gasteiger partial charge on any atom is 0.280 e. The topological polar surface area (TPSA) is 80.2 Å². The van der Waals surface area contributed by atoms with E-state index < -0.39 is 0 Å². The molecule has 0 saturated heterocycles. The van der Waals surface area contributed by atoms with Gasteiger partial charge in [0.25, 0.3) is 11.8 Å². The third-order valence-corrected chi connectivity index (χ3v) is 4.98. The van der Waals surface area contributed by atoms with E-state index in [1.807, 2.05) is 48.5 Å². The van der Waals surface area contributed by atoms with Crippen LogP contribution < -0.4 is 19.8 Å². The third-order valence-electron chi connectivity index (χ3n) is 4.98. The lowest BCUT2D eigenvalue weighted by Crippen LogP contribution is -2.21. The number of anilines is 2. The first kappa shape index (κ1) is 21.8. The summed E-state index contributed by atoms with van der Waals surface area (Å²) in [5.74, 6) is 0.406. The number of para-hydroxylation sites is 2. The average molecular weight is 441 g/mol. The highest BCUT2D eigenvalue weighted by Crippen LogP contribution is 2.30. The minimum atomic E-state index is -0.279. The standard InChI is InChI=1S/C26H23N3O4/c1-18-22(26(31)29(28-18)21-11-7-4-8-12-21)15-19-13-14-23(24(16-19)32-2)33-17-25(30)27-20-9-5-3-6-10-20/h3-16H,17H2,1-2H3,(H,27,30)/b22-15-. The van der Waals surface area contributed by atoms with E-state index in [2.05, 4.69) is 10.4 Å². The summed E-state index contributed by atoms with van der Waals surface area (Å²) >= 11 is 0. The minimum absolute atomic E-state index is 0.165. The number of carbonyl (C=O) groups is 2. The second-order valence-electron chi connectivity index (χ2n) is 7.31. The summed E-state index contributed by atoms with van der Waals surface area (Å²) in [5.41, 5.74) is 3.28. The molecule has 0 radical (unpaired) electrons. The van der Waals surface area contributed by atoms with Crippen LogP contribution in [0.2, 0.25) is 0 Å². The molecule has 3 aromatic rings. The van der Waals surface area contributed by atoms with Crippen molar-refractivity contribution < 1.29 is 19.1 Å². The second-order valence-corrected chi connectivity index (χ2v) is 7.31. The van der Waals surface area contributed by atoms with Crippen LogP contribution in [0.15, 0.2) is 89.5 Å². The lowest BCUT2D eigenvalue weighted by Gasteiger charge is -2.12. The van der Waals surface area contributed by atoms with Gasteiger partial charge >= 0.3 is 0 Å². The molecule has 3 aromatic carbocycles. The van der Waals surface area contributed by atoms with E-state index in [0.717, 1.165) is 5.56 Å². The molecule has 0 spiro atoms. The van der Waals surface area contributed by atoms with Crippen molar-refractivity contribution in [2.45, 2.75) is 6.92 Å². The molecule has 0 aliphatic carbocycles. The Morgan fingerprint density at radius 3 is 2.39 bits per heavy atom. The van der Waals surface area contributed by atoms with Gasteiger partial charge in [-0.3, -0.25) is 9.59 Å². The van der Waals surface area contributed by atoms with Crippen LogP contribution in [0.3, 0.4) is 0 Å². The van der Waals surface area contributed by atoms with Gasteiger partial charge in [0.05, 0.1) is 24.1 Å². The van der Waals surface area contributed by atoms with E-state index in [-0.39, 0.29) is 18.4 Å². The summed E-state index contributed by atoms with van der Waals surface area (Å²) in [7, 11) is 1.52. The van der Waals surface area contributed by atoms with Crippen molar-refractivity contribution in [3.8, 4) is 11.5 Å². The molecule has 7 nitrogen and oxygen atoms in total. The zero-order chi connectivity index (χ0) is 23.2. The molecule has 0 bridgehead atoms. The highest BCUT2D eigenvalue weighted by Gasteiger charge is 2.28. The Kier molecular flexibility index (Phi) is 6.50. The van der Waals surface area contributed by atoms with Crippen molar-refractivity contribution in [3.63, 3.8) is 0 Å². The molecule has 1 heterocycles. The number of hydrogen-bond donors (Lipinski definition) is 1. The van der Waals surface area contributed by atoms with Crippen LogP contribution in [0.25, 0.3) is 6.08 Å². The highest BCUT2D eigenvalue weighted by atomic mass is 16.5. The fourth-order valence-electron chi connectivity index (χ4n) is 3.35. The predicted octanol–water partition coefficient (Wildman–Crippen LogP) is 4.52. The first-order valence-corrected chi connectivity index (χ1v) is 10.4. The number of nitrogens with one attached hydrogen (secondary N) is 1. The van der Waals surface area contributed by atoms with Gasteiger partial charge in [-0.05, 0) is 55.0 Å². The fourth-order valence-corrected chi connectivity index (χ4v) is 3.35. The fraction of sp³-hybridized carbons (Fsp3) is 0.115. The number of benzene rings is 3. The van der Waals surface area contributed by atoms with Gasteiger partial charge in [-0.15, -0.1) is 0 Å². The number of hydrogen-bond acceptors (Lipinski definition) is 5. The third kappa shape index (κ3) is 5.10. The van der Waals surface area contributed by atoms with Crippen LogP contribution in [-0.2, 0) is 9.59 Å². The zero-order valence-electron chi connectivity index (χ0n) is 18.3. The van der Waals surface area contributed by atoms with Gasteiger partial charge in [0.15, 0.2) is 18.1 Å². The number of amides is 2. The Morgan fingerprint density at radius 2 is 1.70 bits per heavy atom. The van der Waals surface area contributed by atoms with Crippen molar-refractivity contribution in [1.82, 2.24) is 0 Å². The van der Waals surface area contributed by atoms with Crippen LogP contribution >= 0.6 is 0 Å². The maximum atomic E-state index is 12.9. The quantitative estimate of drug-likeness (QED) is 0.547. The molecule has 2 amide bonds.